The van der Waals surface area contributed by atoms with Crippen LogP contribution in [0.25, 0.3) is 16.5 Å². The zero-order valence-corrected chi connectivity index (χ0v) is 16.6. The van der Waals surface area contributed by atoms with Crippen LogP contribution in [0.5, 0.6) is 0 Å². The predicted octanol–water partition coefficient (Wildman–Crippen LogP) is 2.77. The van der Waals surface area contributed by atoms with Crippen LogP contribution in [0.3, 0.4) is 0 Å². The molecule has 0 fully saturated rings. The molecular weight excluding hydrogens is 390 g/mol. The number of nitrogens with one attached hydrogen (secondary N) is 1. The number of anilines is 1. The van der Waals surface area contributed by atoms with Gasteiger partial charge in [0.1, 0.15) is 6.54 Å². The summed E-state index contributed by atoms with van der Waals surface area (Å²) in [7, 11) is 0. The van der Waals surface area contributed by atoms with Gasteiger partial charge in [0.25, 0.3) is 5.56 Å². The summed E-state index contributed by atoms with van der Waals surface area (Å²) in [5, 5.41) is 8.99. The Bertz CT molecular complexity index is 1270. The molecule has 3 heterocycles. The molecular formula is C20H17N5O3S. The zero-order valence-electron chi connectivity index (χ0n) is 15.7. The Balaban J connectivity index is 1.63. The Hall–Kier alpha value is -3.59. The molecule has 9 heteroatoms. The minimum atomic E-state index is -0.302. The van der Waals surface area contributed by atoms with Gasteiger partial charge in [-0.05, 0) is 49.6 Å². The second-order valence-corrected chi connectivity index (χ2v) is 7.46. The monoisotopic (exact) mass is 407 g/mol. The summed E-state index contributed by atoms with van der Waals surface area (Å²) in [4.78, 5) is 41.6. The number of thiophene rings is 1. The highest BCUT2D eigenvalue weighted by molar-refractivity contribution is 7.13. The normalized spacial score (nSPS) is 11.0. The van der Waals surface area contributed by atoms with E-state index in [1.807, 2.05) is 17.5 Å². The van der Waals surface area contributed by atoms with E-state index in [2.05, 4.69) is 15.4 Å². The number of hydrogen-bond acceptors (Lipinski definition) is 6. The van der Waals surface area contributed by atoms with Crippen molar-refractivity contribution < 1.29 is 9.59 Å². The molecule has 0 bridgehead atoms. The maximum Gasteiger partial charge on any atom is 0.275 e. The van der Waals surface area contributed by atoms with Gasteiger partial charge in [-0.2, -0.15) is 9.50 Å². The largest absolute Gasteiger partial charge is 0.325 e. The van der Waals surface area contributed by atoms with Crippen molar-refractivity contribution in [2.75, 3.05) is 5.32 Å². The van der Waals surface area contributed by atoms with Crippen molar-refractivity contribution in [1.29, 1.82) is 0 Å². The van der Waals surface area contributed by atoms with E-state index in [1.165, 1.54) is 28.8 Å². The Morgan fingerprint density at radius 1 is 1.17 bits per heavy atom. The fourth-order valence-electron chi connectivity index (χ4n) is 2.94. The molecule has 1 amide bonds. The summed E-state index contributed by atoms with van der Waals surface area (Å²) in [6.45, 7) is 3.20. The van der Waals surface area contributed by atoms with Crippen molar-refractivity contribution in [3.8, 4) is 10.7 Å². The number of benzene rings is 1. The smallest absolute Gasteiger partial charge is 0.275 e. The number of ketones is 1. The van der Waals surface area contributed by atoms with E-state index in [-0.39, 0.29) is 23.8 Å². The number of carbonyl (C=O) groups is 2. The lowest BCUT2D eigenvalue weighted by molar-refractivity contribution is -0.116. The van der Waals surface area contributed by atoms with Gasteiger partial charge in [-0.15, -0.1) is 16.4 Å². The van der Waals surface area contributed by atoms with Gasteiger partial charge in [0.05, 0.1) is 4.88 Å². The number of Topliss-reactive ketones (excluding diaryl/α,β-unsaturated/α-hetero) is 1. The SMILES string of the molecule is CC(=O)c1ccc(NC(=O)Cn2c(C)cc(=O)n3nc(-c4cccs4)nc23)cc1. The van der Waals surface area contributed by atoms with Crippen molar-refractivity contribution in [2.24, 2.45) is 0 Å². The third-order valence-corrected chi connectivity index (χ3v) is 5.28. The average Bonchev–Trinajstić information content (AvgIpc) is 3.35. The number of carbonyl (C=O) groups excluding carboxylic acids is 2. The van der Waals surface area contributed by atoms with Gasteiger partial charge in [-0.1, -0.05) is 6.07 Å². The van der Waals surface area contributed by atoms with Gasteiger partial charge in [-0.3, -0.25) is 14.4 Å². The molecule has 0 unspecified atom stereocenters. The Morgan fingerprint density at radius 3 is 2.59 bits per heavy atom. The molecule has 0 spiro atoms. The van der Waals surface area contributed by atoms with Gasteiger partial charge in [0, 0.05) is 23.0 Å². The zero-order chi connectivity index (χ0) is 20.5. The summed E-state index contributed by atoms with van der Waals surface area (Å²) < 4.78 is 2.85. The minimum absolute atomic E-state index is 0.0351. The molecule has 3 aromatic heterocycles. The number of amides is 1. The maximum atomic E-state index is 12.6. The van der Waals surface area contributed by atoms with Crippen LogP contribution in [-0.2, 0) is 11.3 Å². The van der Waals surface area contributed by atoms with Crippen molar-refractivity contribution in [3.05, 3.63) is 69.5 Å². The van der Waals surface area contributed by atoms with Crippen molar-refractivity contribution >= 4 is 34.5 Å². The highest BCUT2D eigenvalue weighted by atomic mass is 32.1. The molecule has 0 atom stereocenters. The molecule has 1 aromatic carbocycles. The second-order valence-electron chi connectivity index (χ2n) is 6.52. The van der Waals surface area contributed by atoms with E-state index in [9.17, 15) is 14.4 Å². The molecule has 0 aliphatic carbocycles. The van der Waals surface area contributed by atoms with Gasteiger partial charge in [0.2, 0.25) is 11.7 Å². The van der Waals surface area contributed by atoms with E-state index in [0.717, 1.165) is 4.88 Å². The molecule has 1 N–H and O–H groups in total. The highest BCUT2D eigenvalue weighted by Gasteiger charge is 2.16. The third-order valence-electron chi connectivity index (χ3n) is 4.42. The summed E-state index contributed by atoms with van der Waals surface area (Å²) >= 11 is 1.47. The van der Waals surface area contributed by atoms with Crippen LogP contribution in [0.15, 0.2) is 52.6 Å². The minimum Gasteiger partial charge on any atom is -0.325 e. The fourth-order valence-corrected chi connectivity index (χ4v) is 3.59. The number of nitrogens with zero attached hydrogens (tertiary/aromatic N) is 4. The first kappa shape index (κ1) is 18.8. The van der Waals surface area contributed by atoms with Crippen LogP contribution >= 0.6 is 11.3 Å². The van der Waals surface area contributed by atoms with Crippen LogP contribution in [0.2, 0.25) is 0 Å². The fraction of sp³-hybridized carbons (Fsp3) is 0.150. The quantitative estimate of drug-likeness (QED) is 0.513. The molecule has 29 heavy (non-hydrogen) atoms. The Kier molecular flexibility index (Phi) is 4.81. The first-order valence-corrected chi connectivity index (χ1v) is 9.72. The third kappa shape index (κ3) is 3.72. The molecule has 8 nitrogen and oxygen atoms in total. The summed E-state index contributed by atoms with van der Waals surface area (Å²) in [5.74, 6) is 0.426. The van der Waals surface area contributed by atoms with Crippen LogP contribution in [0, 0.1) is 6.92 Å². The van der Waals surface area contributed by atoms with Crippen LogP contribution in [0.4, 0.5) is 5.69 Å². The van der Waals surface area contributed by atoms with Crippen LogP contribution in [0.1, 0.15) is 23.0 Å². The van der Waals surface area contributed by atoms with E-state index in [4.69, 9.17) is 0 Å². The van der Waals surface area contributed by atoms with Crippen molar-refractivity contribution in [2.45, 2.75) is 20.4 Å². The molecule has 0 saturated heterocycles. The molecule has 146 valence electrons. The molecule has 0 aliphatic heterocycles. The van der Waals surface area contributed by atoms with E-state index in [0.29, 0.717) is 28.5 Å². The van der Waals surface area contributed by atoms with Crippen molar-refractivity contribution in [3.63, 3.8) is 0 Å². The second kappa shape index (κ2) is 7.44. The number of aromatic nitrogens is 4. The summed E-state index contributed by atoms with van der Waals surface area (Å²) in [5.41, 5.74) is 1.46. The lowest BCUT2D eigenvalue weighted by Gasteiger charge is -2.11. The van der Waals surface area contributed by atoms with Crippen molar-refractivity contribution in [1.82, 2.24) is 19.2 Å². The number of fused-ring (bicyclic) bond motifs is 1. The first-order valence-electron chi connectivity index (χ1n) is 8.84. The summed E-state index contributed by atoms with van der Waals surface area (Å²) in [6, 6.07) is 11.9. The lowest BCUT2D eigenvalue weighted by Crippen LogP contribution is -2.25. The van der Waals surface area contributed by atoms with E-state index >= 15 is 0 Å². The Morgan fingerprint density at radius 2 is 1.93 bits per heavy atom. The first-order chi connectivity index (χ1) is 13.9. The van der Waals surface area contributed by atoms with Crippen LogP contribution in [-0.4, -0.2) is 30.9 Å². The number of rotatable bonds is 5. The van der Waals surface area contributed by atoms with Crippen LogP contribution < -0.4 is 10.9 Å². The molecule has 4 aromatic rings. The summed E-state index contributed by atoms with van der Waals surface area (Å²) in [6.07, 6.45) is 0. The molecule has 0 aliphatic rings. The maximum absolute atomic E-state index is 12.6. The topological polar surface area (TPSA) is 98.4 Å². The average molecular weight is 407 g/mol. The predicted molar refractivity (Wildman–Crippen MR) is 110 cm³/mol. The molecule has 0 radical (unpaired) electrons. The van der Waals surface area contributed by atoms with Gasteiger partial charge < -0.3 is 9.88 Å². The van der Waals surface area contributed by atoms with E-state index in [1.54, 1.807) is 35.8 Å². The molecule has 0 saturated carbocycles. The van der Waals surface area contributed by atoms with Gasteiger partial charge in [0.15, 0.2) is 11.6 Å². The highest BCUT2D eigenvalue weighted by Crippen LogP contribution is 2.21. The number of aryl methyl sites for hydroxylation is 1. The standard InChI is InChI=1S/C20H17N5O3S/c1-12-10-18(28)25-20(22-19(23-25)16-4-3-9-29-16)24(12)11-17(27)21-15-7-5-14(6-8-15)13(2)26/h3-10H,11H2,1-2H3,(H,21,27). The molecule has 4 rings (SSSR count). The van der Waals surface area contributed by atoms with Gasteiger partial charge >= 0.3 is 0 Å². The lowest BCUT2D eigenvalue weighted by atomic mass is 10.1. The van der Waals surface area contributed by atoms with Gasteiger partial charge in [-0.25, -0.2) is 0 Å². The number of hydrogen-bond donors (Lipinski definition) is 1. The Labute approximate surface area is 169 Å². The van der Waals surface area contributed by atoms with E-state index < -0.39 is 0 Å².